The molecule has 0 N–H and O–H groups in total. The third-order valence-electron chi connectivity index (χ3n) is 5.82. The highest BCUT2D eigenvalue weighted by atomic mass is 32.2. The fourth-order valence-corrected chi connectivity index (χ4v) is 6.59. The van der Waals surface area contributed by atoms with Gasteiger partial charge in [0.05, 0.1) is 21.3 Å². The molecule has 0 atom stereocenters. The van der Waals surface area contributed by atoms with Crippen molar-refractivity contribution in [1.29, 1.82) is 0 Å². The largest absolute Gasteiger partial charge is 0.335 e. The molecule has 0 spiro atoms. The molecule has 0 aromatic heterocycles. The topological polar surface area (TPSA) is 23.6 Å². The molecular weight excluding hydrogens is 489 g/mol. The molecule has 1 fully saturated rings. The molecule has 0 radical (unpaired) electrons. The highest BCUT2D eigenvalue weighted by molar-refractivity contribution is 8.27. The van der Waals surface area contributed by atoms with Gasteiger partial charge < -0.3 is 4.90 Å². The Morgan fingerprint density at radius 1 is 0.829 bits per heavy atom. The number of thiocarbonyl (C=S) groups is 1. The van der Waals surface area contributed by atoms with Crippen molar-refractivity contribution in [3.63, 3.8) is 0 Å². The van der Waals surface area contributed by atoms with E-state index in [1.165, 1.54) is 33.5 Å². The standard InChI is InChI=1S/C29H24N2OS3/c1-3-30-25(19-18-24-28(32)31(29(33)34-24)23-16-14-20(2)15-17-23)35-27(22-12-8-5-9-13-22)26(30)21-10-6-4-7-11-21/h4-19H,3H2,1-2H3/b24-18-,25-19+. The maximum Gasteiger partial charge on any atom is 0.270 e. The van der Waals surface area contributed by atoms with Crippen LogP contribution >= 0.6 is 35.7 Å². The third kappa shape index (κ3) is 4.74. The van der Waals surface area contributed by atoms with Gasteiger partial charge in [-0.15, -0.1) is 0 Å². The van der Waals surface area contributed by atoms with Crippen LogP contribution in [-0.4, -0.2) is 21.7 Å². The molecule has 0 bridgehead atoms. The molecule has 35 heavy (non-hydrogen) atoms. The van der Waals surface area contributed by atoms with E-state index in [2.05, 4.69) is 66.4 Å². The van der Waals surface area contributed by atoms with Gasteiger partial charge in [0.2, 0.25) is 0 Å². The van der Waals surface area contributed by atoms with Crippen LogP contribution < -0.4 is 4.90 Å². The van der Waals surface area contributed by atoms with Gasteiger partial charge in [-0.25, -0.2) is 0 Å². The Kier molecular flexibility index (Phi) is 6.95. The van der Waals surface area contributed by atoms with E-state index in [4.69, 9.17) is 12.2 Å². The number of amides is 1. The first kappa shape index (κ1) is 23.7. The van der Waals surface area contributed by atoms with E-state index in [0.717, 1.165) is 22.8 Å². The lowest BCUT2D eigenvalue weighted by atomic mass is 10.1. The van der Waals surface area contributed by atoms with Gasteiger partial charge in [-0.1, -0.05) is 114 Å². The molecule has 6 heteroatoms. The molecule has 1 amide bonds. The maximum absolute atomic E-state index is 13.2. The molecule has 3 nitrogen and oxygen atoms in total. The van der Waals surface area contributed by atoms with Gasteiger partial charge in [0.25, 0.3) is 5.91 Å². The number of carbonyl (C=O) groups excluding carboxylic acids is 1. The summed E-state index contributed by atoms with van der Waals surface area (Å²) in [6, 6.07) is 28.8. The zero-order valence-electron chi connectivity index (χ0n) is 19.5. The van der Waals surface area contributed by atoms with Crippen LogP contribution in [-0.2, 0) is 4.79 Å². The Bertz CT molecular complexity index is 1360. The van der Waals surface area contributed by atoms with Crippen LogP contribution in [0.25, 0.3) is 10.6 Å². The number of hydrogen-bond acceptors (Lipinski definition) is 5. The van der Waals surface area contributed by atoms with Crippen LogP contribution in [0, 0.1) is 6.92 Å². The molecule has 0 unspecified atom stereocenters. The van der Waals surface area contributed by atoms with Crippen LogP contribution in [0.3, 0.4) is 0 Å². The van der Waals surface area contributed by atoms with E-state index in [1.807, 2.05) is 49.4 Å². The summed E-state index contributed by atoms with van der Waals surface area (Å²) >= 11 is 8.64. The third-order valence-corrected chi connectivity index (χ3v) is 8.34. The van der Waals surface area contributed by atoms with Gasteiger partial charge in [0.1, 0.15) is 0 Å². The van der Waals surface area contributed by atoms with E-state index in [1.54, 1.807) is 16.7 Å². The summed E-state index contributed by atoms with van der Waals surface area (Å²) in [5.41, 5.74) is 5.50. The first-order valence-electron chi connectivity index (χ1n) is 11.4. The first-order valence-corrected chi connectivity index (χ1v) is 13.5. The van der Waals surface area contributed by atoms with Gasteiger partial charge in [-0.05, 0) is 49.3 Å². The Labute approximate surface area is 220 Å². The zero-order valence-corrected chi connectivity index (χ0v) is 21.9. The molecular formula is C29H24N2OS3. The second-order valence-electron chi connectivity index (χ2n) is 8.14. The van der Waals surface area contributed by atoms with E-state index in [-0.39, 0.29) is 5.91 Å². The summed E-state index contributed by atoms with van der Waals surface area (Å²) < 4.78 is 0.558. The number of anilines is 1. The Balaban J connectivity index is 1.49. The predicted octanol–water partition coefficient (Wildman–Crippen LogP) is 7.68. The Morgan fingerprint density at radius 2 is 1.46 bits per heavy atom. The molecule has 174 valence electrons. The number of thioether (sulfide) groups is 2. The highest BCUT2D eigenvalue weighted by Crippen LogP contribution is 2.50. The highest BCUT2D eigenvalue weighted by Gasteiger charge is 2.33. The summed E-state index contributed by atoms with van der Waals surface area (Å²) in [5.74, 6) is -0.0775. The first-order chi connectivity index (χ1) is 17.1. The quantitative estimate of drug-likeness (QED) is 0.258. The van der Waals surface area contributed by atoms with Crippen LogP contribution in [0.15, 0.2) is 107 Å². The summed E-state index contributed by atoms with van der Waals surface area (Å²) in [5, 5.41) is 1.09. The van der Waals surface area contributed by atoms with Crippen molar-refractivity contribution in [3.8, 4) is 0 Å². The van der Waals surface area contributed by atoms with Crippen molar-refractivity contribution >= 4 is 62.3 Å². The molecule has 3 aromatic rings. The van der Waals surface area contributed by atoms with Crippen molar-refractivity contribution in [3.05, 3.63) is 124 Å². The monoisotopic (exact) mass is 512 g/mol. The minimum atomic E-state index is -0.0775. The number of nitrogens with zero attached hydrogens (tertiary/aromatic N) is 2. The fraction of sp³-hybridized carbons (Fsp3) is 0.103. The van der Waals surface area contributed by atoms with Crippen LogP contribution in [0.5, 0.6) is 0 Å². The smallest absolute Gasteiger partial charge is 0.270 e. The van der Waals surface area contributed by atoms with Gasteiger partial charge in [-0.2, -0.15) is 0 Å². The second-order valence-corrected chi connectivity index (χ2v) is 10.8. The number of allylic oxidation sites excluding steroid dienone is 2. The normalized spacial score (nSPS) is 18.5. The maximum atomic E-state index is 13.2. The molecule has 0 saturated carbocycles. The minimum Gasteiger partial charge on any atom is -0.335 e. The lowest BCUT2D eigenvalue weighted by Gasteiger charge is -2.21. The number of carbonyl (C=O) groups is 1. The molecule has 2 aliphatic heterocycles. The minimum absolute atomic E-state index is 0.0775. The summed E-state index contributed by atoms with van der Waals surface area (Å²) in [7, 11) is 0. The molecule has 0 aliphatic carbocycles. The Hall–Kier alpha value is -3.06. The van der Waals surface area contributed by atoms with E-state index < -0.39 is 0 Å². The summed E-state index contributed by atoms with van der Waals surface area (Å²) in [6.07, 6.45) is 3.96. The van der Waals surface area contributed by atoms with Crippen molar-refractivity contribution < 1.29 is 4.79 Å². The van der Waals surface area contributed by atoms with Gasteiger partial charge in [0.15, 0.2) is 4.32 Å². The van der Waals surface area contributed by atoms with Crippen molar-refractivity contribution in [1.82, 2.24) is 4.90 Å². The Morgan fingerprint density at radius 3 is 2.09 bits per heavy atom. The molecule has 2 heterocycles. The average molecular weight is 513 g/mol. The van der Waals surface area contributed by atoms with E-state index >= 15 is 0 Å². The number of hydrogen-bond donors (Lipinski definition) is 0. The van der Waals surface area contributed by atoms with E-state index in [0.29, 0.717) is 9.23 Å². The van der Waals surface area contributed by atoms with Gasteiger partial charge in [-0.3, -0.25) is 9.69 Å². The van der Waals surface area contributed by atoms with Crippen molar-refractivity contribution in [2.24, 2.45) is 0 Å². The molecule has 1 saturated heterocycles. The van der Waals surface area contributed by atoms with Crippen LogP contribution in [0.1, 0.15) is 23.6 Å². The van der Waals surface area contributed by atoms with Crippen molar-refractivity contribution in [2.45, 2.75) is 13.8 Å². The van der Waals surface area contributed by atoms with Gasteiger partial charge >= 0.3 is 0 Å². The zero-order chi connectivity index (χ0) is 24.4. The fourth-order valence-electron chi connectivity index (χ4n) is 4.09. The number of rotatable bonds is 5. The number of benzene rings is 3. The van der Waals surface area contributed by atoms with Crippen LogP contribution in [0.2, 0.25) is 0 Å². The second kappa shape index (κ2) is 10.3. The lowest BCUT2D eigenvalue weighted by molar-refractivity contribution is -0.113. The summed E-state index contributed by atoms with van der Waals surface area (Å²) in [6.45, 7) is 5.00. The number of aryl methyl sites for hydroxylation is 1. The van der Waals surface area contributed by atoms with Crippen LogP contribution in [0.4, 0.5) is 5.69 Å². The SMILES string of the molecule is CCN1C(c2ccccc2)=C(c2ccccc2)S/C1=C/C=C1\SC(=S)N(c2ccc(C)cc2)C1=O. The predicted molar refractivity (Wildman–Crippen MR) is 155 cm³/mol. The summed E-state index contributed by atoms with van der Waals surface area (Å²) in [4.78, 5) is 19.0. The van der Waals surface area contributed by atoms with E-state index in [9.17, 15) is 4.79 Å². The molecule has 5 rings (SSSR count). The van der Waals surface area contributed by atoms with Crippen molar-refractivity contribution in [2.75, 3.05) is 11.4 Å². The molecule has 3 aromatic carbocycles. The lowest BCUT2D eigenvalue weighted by Crippen LogP contribution is -2.27. The van der Waals surface area contributed by atoms with Gasteiger partial charge in [0, 0.05) is 11.4 Å². The molecule has 2 aliphatic rings. The average Bonchev–Trinajstić information content (AvgIpc) is 3.40.